The van der Waals surface area contributed by atoms with E-state index < -0.39 is 11.6 Å². The van der Waals surface area contributed by atoms with Gasteiger partial charge in [0.05, 0.1) is 15.1 Å². The lowest BCUT2D eigenvalue weighted by molar-refractivity contribution is -0.142. The summed E-state index contributed by atoms with van der Waals surface area (Å²) in [6, 6.07) is 11.2. The van der Waals surface area contributed by atoms with Gasteiger partial charge in [0.2, 0.25) is 5.91 Å². The summed E-state index contributed by atoms with van der Waals surface area (Å²) in [7, 11) is 0. The molecule has 0 spiro atoms. The van der Waals surface area contributed by atoms with Crippen molar-refractivity contribution in [3.8, 4) is 5.75 Å². The number of nitrogens with one attached hydrogen (secondary N) is 1. The van der Waals surface area contributed by atoms with E-state index >= 15 is 0 Å². The van der Waals surface area contributed by atoms with Gasteiger partial charge in [0.15, 0.2) is 6.61 Å². The van der Waals surface area contributed by atoms with Crippen molar-refractivity contribution in [2.75, 3.05) is 6.61 Å². The summed E-state index contributed by atoms with van der Waals surface area (Å²) in [6.07, 6.45) is 0. The molecule has 0 aliphatic rings. The molecule has 8 heteroatoms. The van der Waals surface area contributed by atoms with Crippen LogP contribution in [0.2, 0.25) is 15.1 Å². The molecule has 30 heavy (non-hydrogen) atoms. The summed E-state index contributed by atoms with van der Waals surface area (Å²) >= 11 is 18.2. The molecule has 5 nitrogen and oxygen atoms in total. The van der Waals surface area contributed by atoms with E-state index in [1.54, 1.807) is 49.4 Å². The van der Waals surface area contributed by atoms with Crippen LogP contribution < -0.4 is 10.1 Å². The van der Waals surface area contributed by atoms with Crippen LogP contribution in [0.25, 0.3) is 0 Å². The quantitative estimate of drug-likeness (QED) is 0.591. The second kappa shape index (κ2) is 10.4. The predicted octanol–water partition coefficient (Wildman–Crippen LogP) is 5.36. The summed E-state index contributed by atoms with van der Waals surface area (Å²) in [5.74, 6) is -0.236. The molecule has 2 aromatic carbocycles. The zero-order valence-electron chi connectivity index (χ0n) is 17.3. The van der Waals surface area contributed by atoms with Crippen molar-refractivity contribution < 1.29 is 14.3 Å². The number of amides is 2. The Hall–Kier alpha value is -1.95. The number of rotatable bonds is 7. The van der Waals surface area contributed by atoms with E-state index in [0.29, 0.717) is 20.8 Å². The fourth-order valence-corrected chi connectivity index (χ4v) is 3.19. The standard InChI is InChI=1S/C22H25Cl3N2O3/c1-14(21(29)26-22(2,3)4)27(12-15-9-10-16(23)18(25)11-15)20(28)13-30-19-8-6-5-7-17(19)24/h5-11,14H,12-13H2,1-4H3,(H,26,29)/t14-/m1/s1. The fourth-order valence-electron chi connectivity index (χ4n) is 2.68. The van der Waals surface area contributed by atoms with Crippen molar-refractivity contribution in [3.05, 3.63) is 63.1 Å². The SMILES string of the molecule is C[C@H](C(=O)NC(C)(C)C)N(Cc1ccc(Cl)c(Cl)c1)C(=O)COc1ccccc1Cl. The Labute approximate surface area is 192 Å². The number of carbonyl (C=O) groups excluding carboxylic acids is 2. The van der Waals surface area contributed by atoms with E-state index in [0.717, 1.165) is 5.56 Å². The molecule has 0 fully saturated rings. The molecule has 2 aromatic rings. The van der Waals surface area contributed by atoms with Crippen LogP contribution in [0, 0.1) is 0 Å². The first kappa shape index (κ1) is 24.3. The highest BCUT2D eigenvalue weighted by molar-refractivity contribution is 6.42. The molecule has 162 valence electrons. The highest BCUT2D eigenvalue weighted by Crippen LogP contribution is 2.25. The number of para-hydroxylation sites is 1. The Balaban J connectivity index is 2.22. The van der Waals surface area contributed by atoms with E-state index in [-0.39, 0.29) is 25.0 Å². The Morgan fingerprint density at radius 3 is 2.30 bits per heavy atom. The number of hydrogen-bond acceptors (Lipinski definition) is 3. The molecular formula is C22H25Cl3N2O3. The molecule has 0 bridgehead atoms. The molecule has 2 rings (SSSR count). The van der Waals surface area contributed by atoms with Gasteiger partial charge in [0.25, 0.3) is 5.91 Å². The van der Waals surface area contributed by atoms with E-state index in [2.05, 4.69) is 5.32 Å². The van der Waals surface area contributed by atoms with Gasteiger partial charge in [-0.05, 0) is 57.5 Å². The summed E-state index contributed by atoms with van der Waals surface area (Å²) in [5, 5.41) is 4.10. The van der Waals surface area contributed by atoms with Crippen molar-refractivity contribution >= 4 is 46.6 Å². The molecule has 0 saturated carbocycles. The van der Waals surface area contributed by atoms with Crippen LogP contribution in [0.4, 0.5) is 0 Å². The molecule has 0 aliphatic carbocycles. The maximum Gasteiger partial charge on any atom is 0.261 e. The molecule has 0 aromatic heterocycles. The molecule has 0 saturated heterocycles. The predicted molar refractivity (Wildman–Crippen MR) is 121 cm³/mol. The number of nitrogens with zero attached hydrogens (tertiary/aromatic N) is 1. The number of halogens is 3. The van der Waals surface area contributed by atoms with Crippen LogP contribution in [0.15, 0.2) is 42.5 Å². The van der Waals surface area contributed by atoms with Crippen molar-refractivity contribution in [3.63, 3.8) is 0 Å². The zero-order valence-corrected chi connectivity index (χ0v) is 19.6. The van der Waals surface area contributed by atoms with Gasteiger partial charge in [-0.1, -0.05) is 53.0 Å². The first-order valence-electron chi connectivity index (χ1n) is 9.40. The molecule has 2 amide bonds. The second-order valence-electron chi connectivity index (χ2n) is 7.90. The summed E-state index contributed by atoms with van der Waals surface area (Å²) in [4.78, 5) is 27.2. The lowest BCUT2D eigenvalue weighted by Crippen LogP contribution is -2.53. The van der Waals surface area contributed by atoms with Crippen molar-refractivity contribution in [2.45, 2.75) is 45.8 Å². The summed E-state index contributed by atoms with van der Waals surface area (Å²) in [6.45, 7) is 7.21. The van der Waals surface area contributed by atoms with Crippen LogP contribution >= 0.6 is 34.8 Å². The number of carbonyl (C=O) groups is 2. The fraction of sp³-hybridized carbons (Fsp3) is 0.364. The van der Waals surface area contributed by atoms with Crippen LogP contribution in [-0.2, 0) is 16.1 Å². The average Bonchev–Trinajstić information content (AvgIpc) is 2.66. The maximum atomic E-state index is 13.0. The molecule has 0 unspecified atom stereocenters. The Kier molecular flexibility index (Phi) is 8.42. The first-order chi connectivity index (χ1) is 14.0. The Bertz CT molecular complexity index is 913. The highest BCUT2D eigenvalue weighted by Gasteiger charge is 2.29. The average molecular weight is 472 g/mol. The van der Waals surface area contributed by atoms with E-state index in [9.17, 15) is 9.59 Å². The molecule has 0 aliphatic heterocycles. The smallest absolute Gasteiger partial charge is 0.261 e. The monoisotopic (exact) mass is 470 g/mol. The van der Waals surface area contributed by atoms with Gasteiger partial charge < -0.3 is 15.0 Å². The van der Waals surface area contributed by atoms with E-state index in [1.807, 2.05) is 20.8 Å². The lowest BCUT2D eigenvalue weighted by Gasteiger charge is -2.31. The summed E-state index contributed by atoms with van der Waals surface area (Å²) < 4.78 is 5.59. The van der Waals surface area contributed by atoms with E-state index in [1.165, 1.54) is 4.90 Å². The largest absolute Gasteiger partial charge is 0.482 e. The van der Waals surface area contributed by atoms with Gasteiger partial charge in [-0.25, -0.2) is 0 Å². The Morgan fingerprint density at radius 2 is 1.70 bits per heavy atom. The zero-order chi connectivity index (χ0) is 22.5. The normalized spacial score (nSPS) is 12.2. The van der Waals surface area contributed by atoms with Gasteiger partial charge in [0, 0.05) is 12.1 Å². The molecule has 0 radical (unpaired) electrons. The van der Waals surface area contributed by atoms with Gasteiger partial charge >= 0.3 is 0 Å². The molecule has 1 N–H and O–H groups in total. The lowest BCUT2D eigenvalue weighted by atomic mass is 10.1. The van der Waals surface area contributed by atoms with Crippen LogP contribution in [0.3, 0.4) is 0 Å². The van der Waals surface area contributed by atoms with E-state index in [4.69, 9.17) is 39.5 Å². The first-order valence-corrected chi connectivity index (χ1v) is 10.5. The number of hydrogen-bond donors (Lipinski definition) is 1. The van der Waals surface area contributed by atoms with Gasteiger partial charge in [-0.15, -0.1) is 0 Å². The van der Waals surface area contributed by atoms with Gasteiger partial charge in [0.1, 0.15) is 11.8 Å². The minimum atomic E-state index is -0.735. The topological polar surface area (TPSA) is 58.6 Å². The van der Waals surface area contributed by atoms with Gasteiger partial charge in [-0.2, -0.15) is 0 Å². The van der Waals surface area contributed by atoms with Crippen LogP contribution in [-0.4, -0.2) is 34.9 Å². The minimum Gasteiger partial charge on any atom is -0.482 e. The molecule has 0 heterocycles. The van der Waals surface area contributed by atoms with Gasteiger partial charge in [-0.3, -0.25) is 9.59 Å². The van der Waals surface area contributed by atoms with Crippen molar-refractivity contribution in [1.29, 1.82) is 0 Å². The number of ether oxygens (including phenoxy) is 1. The third kappa shape index (κ3) is 7.08. The highest BCUT2D eigenvalue weighted by atomic mass is 35.5. The maximum absolute atomic E-state index is 13.0. The van der Waals surface area contributed by atoms with Crippen LogP contribution in [0.1, 0.15) is 33.3 Å². The van der Waals surface area contributed by atoms with Crippen LogP contribution in [0.5, 0.6) is 5.75 Å². The third-order valence-corrected chi connectivity index (χ3v) is 5.24. The minimum absolute atomic E-state index is 0.167. The number of benzene rings is 2. The van der Waals surface area contributed by atoms with Crippen molar-refractivity contribution in [2.24, 2.45) is 0 Å². The molecular weight excluding hydrogens is 447 g/mol. The Morgan fingerprint density at radius 1 is 1.03 bits per heavy atom. The summed E-state index contributed by atoms with van der Waals surface area (Å²) in [5.41, 5.74) is 0.309. The molecule has 1 atom stereocenters. The van der Waals surface area contributed by atoms with Crippen molar-refractivity contribution in [1.82, 2.24) is 10.2 Å². The third-order valence-electron chi connectivity index (χ3n) is 4.19. The second-order valence-corrected chi connectivity index (χ2v) is 9.13.